The zero-order valence-corrected chi connectivity index (χ0v) is 17.5. The number of rotatable bonds is 4. The van der Waals surface area contributed by atoms with E-state index in [9.17, 15) is 13.2 Å². The minimum atomic E-state index is -2.46. The standard InChI is InChI=1S/C11H12F2N2S.C8H8ClN.CH3F/c1-7-3-6-10(16-7)8-4-5-9(11(12)13)15(2)14-8;1-2-10-8-6-4-3-5-7(8)9;1-2/h3,5-6,11H,4H2,1-2H3;2-6,10H,1H2;1H3. The largest absolute Gasteiger partial charge is 0.361 e. The van der Waals surface area contributed by atoms with E-state index in [1.165, 1.54) is 9.89 Å². The van der Waals surface area contributed by atoms with E-state index in [0.717, 1.165) is 16.3 Å². The average molecular weight is 430 g/mol. The van der Waals surface area contributed by atoms with Gasteiger partial charge in [0.1, 0.15) is 0 Å². The van der Waals surface area contributed by atoms with Crippen LogP contribution in [0.2, 0.25) is 5.02 Å². The minimum absolute atomic E-state index is 0.0166. The lowest BCUT2D eigenvalue weighted by Gasteiger charge is -2.22. The molecule has 28 heavy (non-hydrogen) atoms. The van der Waals surface area contributed by atoms with Gasteiger partial charge < -0.3 is 5.32 Å². The van der Waals surface area contributed by atoms with Crippen molar-refractivity contribution < 1.29 is 13.2 Å². The molecule has 1 aromatic carbocycles. The Labute approximate surface area is 172 Å². The summed E-state index contributed by atoms with van der Waals surface area (Å²) in [6.45, 7) is 5.54. The molecule has 0 unspecified atom stereocenters. The van der Waals surface area contributed by atoms with Crippen LogP contribution in [0.1, 0.15) is 16.2 Å². The first-order valence-electron chi connectivity index (χ1n) is 8.28. The van der Waals surface area contributed by atoms with Crippen molar-refractivity contribution in [3.63, 3.8) is 0 Å². The van der Waals surface area contributed by atoms with Crippen LogP contribution in [0.5, 0.6) is 0 Å². The van der Waals surface area contributed by atoms with Crippen LogP contribution in [0.4, 0.5) is 18.9 Å². The Balaban J connectivity index is 0.000000281. The van der Waals surface area contributed by atoms with Gasteiger partial charge in [0.25, 0.3) is 6.43 Å². The minimum Gasteiger partial charge on any atom is -0.361 e. The first-order valence-corrected chi connectivity index (χ1v) is 9.47. The van der Waals surface area contributed by atoms with Crippen molar-refractivity contribution in [2.24, 2.45) is 5.10 Å². The van der Waals surface area contributed by atoms with E-state index in [1.807, 2.05) is 43.3 Å². The van der Waals surface area contributed by atoms with Gasteiger partial charge in [0, 0.05) is 18.3 Å². The van der Waals surface area contributed by atoms with Gasteiger partial charge in [-0.25, -0.2) is 8.78 Å². The highest BCUT2D eigenvalue weighted by Crippen LogP contribution is 2.24. The molecule has 3 rings (SSSR count). The van der Waals surface area contributed by atoms with Crippen molar-refractivity contribution in [2.75, 3.05) is 19.5 Å². The van der Waals surface area contributed by atoms with E-state index >= 15 is 0 Å². The molecule has 1 N–H and O–H groups in total. The van der Waals surface area contributed by atoms with Crippen LogP contribution in [0, 0.1) is 6.92 Å². The van der Waals surface area contributed by atoms with Gasteiger partial charge >= 0.3 is 0 Å². The van der Waals surface area contributed by atoms with Crippen molar-refractivity contribution >= 4 is 34.3 Å². The molecule has 0 saturated carbocycles. The first-order chi connectivity index (χ1) is 13.4. The average Bonchev–Trinajstić information content (AvgIpc) is 3.12. The van der Waals surface area contributed by atoms with E-state index in [-0.39, 0.29) is 5.70 Å². The summed E-state index contributed by atoms with van der Waals surface area (Å²) >= 11 is 7.42. The molecule has 0 saturated heterocycles. The van der Waals surface area contributed by atoms with Gasteiger partial charge in [0.15, 0.2) is 0 Å². The highest BCUT2D eigenvalue weighted by molar-refractivity contribution is 7.14. The molecule has 2 aromatic rings. The third kappa shape index (κ3) is 7.05. The molecule has 0 atom stereocenters. The smallest absolute Gasteiger partial charge is 0.279 e. The predicted octanol–water partition coefficient (Wildman–Crippen LogP) is 6.73. The molecule has 152 valence electrons. The molecular weight excluding hydrogens is 407 g/mol. The topological polar surface area (TPSA) is 27.6 Å². The number of hydrogen-bond donors (Lipinski definition) is 1. The van der Waals surface area contributed by atoms with Crippen LogP contribution < -0.4 is 5.32 Å². The van der Waals surface area contributed by atoms with Crippen LogP contribution in [0.25, 0.3) is 0 Å². The highest BCUT2D eigenvalue weighted by atomic mass is 35.5. The number of alkyl halides is 3. The Kier molecular flexibility index (Phi) is 10.4. The van der Waals surface area contributed by atoms with E-state index in [4.69, 9.17) is 11.6 Å². The molecular formula is C20H23ClF3N3S. The summed E-state index contributed by atoms with van der Waals surface area (Å²) in [6, 6.07) is 11.5. The lowest BCUT2D eigenvalue weighted by atomic mass is 10.2. The van der Waals surface area contributed by atoms with Crippen LogP contribution >= 0.6 is 22.9 Å². The number of nitrogens with zero attached hydrogens (tertiary/aromatic N) is 2. The fourth-order valence-corrected chi connectivity index (χ4v) is 3.32. The van der Waals surface area contributed by atoms with E-state index in [1.54, 1.807) is 30.7 Å². The number of nitrogens with one attached hydrogen (secondary N) is 1. The van der Waals surface area contributed by atoms with Crippen molar-refractivity contribution in [2.45, 2.75) is 19.8 Å². The molecule has 0 radical (unpaired) electrons. The summed E-state index contributed by atoms with van der Waals surface area (Å²) in [5.41, 5.74) is 1.72. The van der Waals surface area contributed by atoms with Gasteiger partial charge in [0.05, 0.1) is 34.2 Å². The maximum absolute atomic E-state index is 12.5. The molecule has 1 aliphatic rings. The third-order valence-corrected chi connectivity index (χ3v) is 4.91. The molecule has 0 aliphatic carbocycles. The van der Waals surface area contributed by atoms with Gasteiger partial charge in [-0.3, -0.25) is 9.40 Å². The Morgan fingerprint density at radius 1 is 1.25 bits per heavy atom. The Bertz CT molecular complexity index is 819. The number of benzene rings is 1. The Morgan fingerprint density at radius 2 is 1.93 bits per heavy atom. The summed E-state index contributed by atoms with van der Waals surface area (Å²) in [4.78, 5) is 2.25. The number of halogens is 4. The zero-order chi connectivity index (χ0) is 21.1. The van der Waals surface area contributed by atoms with Gasteiger partial charge in [-0.15, -0.1) is 11.3 Å². The molecule has 8 heteroatoms. The van der Waals surface area contributed by atoms with Crippen LogP contribution in [0.3, 0.4) is 0 Å². The van der Waals surface area contributed by atoms with Crippen LogP contribution in [0.15, 0.2) is 66.1 Å². The maximum atomic E-state index is 12.5. The normalized spacial score (nSPS) is 12.8. The van der Waals surface area contributed by atoms with E-state index in [0.29, 0.717) is 18.6 Å². The number of thiophene rings is 1. The third-order valence-electron chi connectivity index (χ3n) is 3.53. The molecule has 0 spiro atoms. The van der Waals surface area contributed by atoms with Crippen molar-refractivity contribution in [1.82, 2.24) is 5.01 Å². The summed E-state index contributed by atoms with van der Waals surface area (Å²) < 4.78 is 34.6. The SMILES string of the molecule is C=CNc1ccccc1Cl.CF.Cc1ccc(C2=NN(C)C(C(F)F)=CC2)s1. The second-order valence-corrected chi connectivity index (χ2v) is 7.14. The molecule has 3 nitrogen and oxygen atoms in total. The summed E-state index contributed by atoms with van der Waals surface area (Å²) in [6.07, 6.45) is 1.16. The second kappa shape index (κ2) is 12.3. The summed E-state index contributed by atoms with van der Waals surface area (Å²) in [5, 5.41) is 9.06. The van der Waals surface area contributed by atoms with Crippen molar-refractivity contribution in [3.05, 3.63) is 75.7 Å². The highest BCUT2D eigenvalue weighted by Gasteiger charge is 2.20. The number of hydrazone groups is 1. The molecule has 1 aliphatic heterocycles. The van der Waals surface area contributed by atoms with E-state index < -0.39 is 6.43 Å². The predicted molar refractivity (Wildman–Crippen MR) is 114 cm³/mol. The number of allylic oxidation sites excluding steroid dienone is 2. The van der Waals surface area contributed by atoms with E-state index in [2.05, 4.69) is 17.0 Å². The Hall–Kier alpha value is -2.25. The van der Waals surface area contributed by atoms with Gasteiger partial charge in [-0.2, -0.15) is 5.10 Å². The lowest BCUT2D eigenvalue weighted by Crippen LogP contribution is -2.23. The first kappa shape index (κ1) is 23.8. The van der Waals surface area contributed by atoms with Crippen LogP contribution in [-0.2, 0) is 0 Å². The van der Waals surface area contributed by atoms with Gasteiger partial charge in [-0.1, -0.05) is 36.4 Å². The number of aryl methyl sites for hydroxylation is 1. The monoisotopic (exact) mass is 429 g/mol. The van der Waals surface area contributed by atoms with Crippen molar-refractivity contribution in [3.8, 4) is 0 Å². The maximum Gasteiger partial charge on any atom is 0.279 e. The second-order valence-electron chi connectivity index (χ2n) is 5.44. The van der Waals surface area contributed by atoms with Crippen molar-refractivity contribution in [1.29, 1.82) is 0 Å². The molecule has 0 bridgehead atoms. The molecule has 0 fully saturated rings. The fraction of sp³-hybridized carbons (Fsp3) is 0.250. The quantitative estimate of drug-likeness (QED) is 0.583. The number of para-hydroxylation sites is 1. The molecule has 0 amide bonds. The van der Waals surface area contributed by atoms with Crippen LogP contribution in [-0.4, -0.2) is 31.4 Å². The Morgan fingerprint density at radius 3 is 2.43 bits per heavy atom. The summed E-state index contributed by atoms with van der Waals surface area (Å²) in [5.74, 6) is 0. The lowest BCUT2D eigenvalue weighted by molar-refractivity contribution is 0.148. The zero-order valence-electron chi connectivity index (χ0n) is 15.9. The van der Waals surface area contributed by atoms with Gasteiger partial charge in [0.2, 0.25) is 0 Å². The fourth-order valence-electron chi connectivity index (χ4n) is 2.27. The number of anilines is 1. The molecule has 1 aromatic heterocycles. The summed E-state index contributed by atoms with van der Waals surface area (Å²) in [7, 11) is 2.05. The van der Waals surface area contributed by atoms with Gasteiger partial charge in [-0.05, 0) is 37.4 Å². The molecule has 2 heterocycles. The number of hydrogen-bond acceptors (Lipinski definition) is 4.